The number of carbonyl (C=O) groups excluding carboxylic acids is 4. The minimum Gasteiger partial charge on any atom is -0.337 e. The van der Waals surface area contributed by atoms with Crippen LogP contribution in [0.25, 0.3) is 0 Å². The Morgan fingerprint density at radius 3 is 2.41 bits per heavy atom. The van der Waals surface area contributed by atoms with Gasteiger partial charge >= 0.3 is 6.18 Å². The number of imide groups is 1. The van der Waals surface area contributed by atoms with Crippen molar-refractivity contribution in [3.8, 4) is 0 Å². The molecule has 0 saturated carbocycles. The van der Waals surface area contributed by atoms with Gasteiger partial charge < -0.3 is 15.1 Å². The van der Waals surface area contributed by atoms with Crippen molar-refractivity contribution in [2.45, 2.75) is 44.2 Å². The summed E-state index contributed by atoms with van der Waals surface area (Å²) in [6.07, 6.45) is -4.80. The van der Waals surface area contributed by atoms with Gasteiger partial charge in [0.1, 0.15) is 11.9 Å². The molecule has 2 unspecified atom stereocenters. The van der Waals surface area contributed by atoms with E-state index < -0.39 is 53.3 Å². The summed E-state index contributed by atoms with van der Waals surface area (Å²) in [6, 6.07) is 4.27. The Balaban J connectivity index is 1.56. The Kier molecular flexibility index (Phi) is 7.05. The SMILES string of the molecule is CN(C)Cc1ccc(C(NC(=O)c2ccc3c(c2F)CN(C2CCC(=O)NC2=O)C3=O)C(F)(F)F)cc1. The molecule has 12 heteroatoms. The predicted octanol–water partition coefficient (Wildman–Crippen LogP) is 2.68. The van der Waals surface area contributed by atoms with Crippen molar-refractivity contribution in [2.75, 3.05) is 14.1 Å². The third-order valence-electron chi connectivity index (χ3n) is 6.31. The maximum atomic E-state index is 15.3. The molecule has 2 aliphatic heterocycles. The number of halogens is 4. The summed E-state index contributed by atoms with van der Waals surface area (Å²) >= 11 is 0. The Bertz CT molecular complexity index is 1260. The molecule has 0 aliphatic carbocycles. The molecular formula is C25H24F4N4O4. The number of carbonyl (C=O) groups is 4. The summed E-state index contributed by atoms with van der Waals surface area (Å²) in [5.41, 5.74) is -0.392. The van der Waals surface area contributed by atoms with Crippen molar-refractivity contribution in [2.24, 2.45) is 0 Å². The van der Waals surface area contributed by atoms with Gasteiger partial charge in [0.05, 0.1) is 12.1 Å². The fourth-order valence-corrected chi connectivity index (χ4v) is 4.52. The van der Waals surface area contributed by atoms with E-state index in [1.807, 2.05) is 24.3 Å². The van der Waals surface area contributed by atoms with Gasteiger partial charge in [-0.1, -0.05) is 24.3 Å². The Morgan fingerprint density at radius 1 is 1.14 bits per heavy atom. The van der Waals surface area contributed by atoms with Crippen LogP contribution < -0.4 is 10.6 Å². The van der Waals surface area contributed by atoms with E-state index in [2.05, 4.69) is 5.32 Å². The zero-order chi connectivity index (χ0) is 27.1. The topological polar surface area (TPSA) is 98.8 Å². The van der Waals surface area contributed by atoms with Crippen molar-refractivity contribution in [3.63, 3.8) is 0 Å². The maximum Gasteiger partial charge on any atom is 0.412 e. The molecule has 4 amide bonds. The van der Waals surface area contributed by atoms with Gasteiger partial charge in [-0.15, -0.1) is 0 Å². The van der Waals surface area contributed by atoms with E-state index in [9.17, 15) is 32.3 Å². The first-order valence-corrected chi connectivity index (χ1v) is 11.4. The molecule has 2 aromatic carbocycles. The molecule has 2 heterocycles. The first-order chi connectivity index (χ1) is 17.4. The Labute approximate surface area is 209 Å². The van der Waals surface area contributed by atoms with E-state index in [4.69, 9.17) is 0 Å². The van der Waals surface area contributed by atoms with E-state index in [0.717, 1.165) is 22.6 Å². The second-order valence-electron chi connectivity index (χ2n) is 9.28. The van der Waals surface area contributed by atoms with E-state index in [1.54, 1.807) is 0 Å². The normalized spacial score (nSPS) is 18.6. The van der Waals surface area contributed by atoms with Gasteiger partial charge in [0.2, 0.25) is 11.8 Å². The summed E-state index contributed by atoms with van der Waals surface area (Å²) in [4.78, 5) is 52.1. The number of hydrogen-bond donors (Lipinski definition) is 2. The standard InChI is InChI=1S/C25H24F4N4O4/c1-32(2)11-13-3-5-14(6-4-13)21(25(27,28)29)31-22(35)16-8-7-15-17(20(16)26)12-33(24(15)37)18-9-10-19(34)30-23(18)36/h3-8,18,21H,9-12H2,1-2H3,(H,31,35)(H,30,34,36). The lowest BCUT2D eigenvalue weighted by Crippen LogP contribution is -2.52. The summed E-state index contributed by atoms with van der Waals surface area (Å²) < 4.78 is 56.9. The average Bonchev–Trinajstić information content (AvgIpc) is 3.14. The molecule has 37 heavy (non-hydrogen) atoms. The number of nitrogens with zero attached hydrogens (tertiary/aromatic N) is 2. The van der Waals surface area contributed by atoms with Crippen LogP contribution in [0.15, 0.2) is 36.4 Å². The van der Waals surface area contributed by atoms with E-state index in [-0.39, 0.29) is 36.1 Å². The van der Waals surface area contributed by atoms with Crippen LogP contribution in [0.1, 0.15) is 56.3 Å². The first kappa shape index (κ1) is 26.3. The minimum atomic E-state index is -4.86. The molecule has 1 fully saturated rings. The van der Waals surface area contributed by atoms with E-state index in [1.165, 1.54) is 24.3 Å². The molecule has 2 atom stereocenters. The minimum absolute atomic E-state index is 0.00161. The highest BCUT2D eigenvalue weighted by atomic mass is 19.4. The molecule has 2 aliphatic rings. The summed E-state index contributed by atoms with van der Waals surface area (Å²) in [5, 5.41) is 3.99. The van der Waals surface area contributed by atoms with Crippen molar-refractivity contribution in [1.29, 1.82) is 0 Å². The number of benzene rings is 2. The summed E-state index contributed by atoms with van der Waals surface area (Å²) in [5.74, 6) is -4.28. The van der Waals surface area contributed by atoms with Gasteiger partial charge in [-0.25, -0.2) is 4.39 Å². The molecule has 2 N–H and O–H groups in total. The fraction of sp³-hybridized carbons (Fsp3) is 0.360. The number of hydrogen-bond acceptors (Lipinski definition) is 5. The lowest BCUT2D eigenvalue weighted by molar-refractivity contribution is -0.155. The highest BCUT2D eigenvalue weighted by molar-refractivity contribution is 6.06. The van der Waals surface area contributed by atoms with Gasteiger partial charge in [0, 0.05) is 24.1 Å². The number of fused-ring (bicyclic) bond motifs is 1. The van der Waals surface area contributed by atoms with Gasteiger partial charge in [-0.3, -0.25) is 24.5 Å². The van der Waals surface area contributed by atoms with Crippen LogP contribution >= 0.6 is 0 Å². The molecule has 196 valence electrons. The van der Waals surface area contributed by atoms with Crippen molar-refractivity contribution < 1.29 is 36.7 Å². The third kappa shape index (κ3) is 5.33. The molecule has 8 nitrogen and oxygen atoms in total. The van der Waals surface area contributed by atoms with Gasteiger partial charge in [-0.2, -0.15) is 13.2 Å². The van der Waals surface area contributed by atoms with Crippen LogP contribution in [0.4, 0.5) is 17.6 Å². The largest absolute Gasteiger partial charge is 0.412 e. The zero-order valence-corrected chi connectivity index (χ0v) is 20.0. The van der Waals surface area contributed by atoms with Crippen molar-refractivity contribution in [3.05, 3.63) is 70.0 Å². The number of rotatable bonds is 6. The van der Waals surface area contributed by atoms with E-state index >= 15 is 4.39 Å². The summed E-state index contributed by atoms with van der Waals surface area (Å²) in [7, 11) is 3.63. The van der Waals surface area contributed by atoms with Gasteiger partial charge in [-0.05, 0) is 43.8 Å². The quantitative estimate of drug-likeness (QED) is 0.451. The van der Waals surface area contributed by atoms with Gasteiger partial charge in [0.15, 0.2) is 6.04 Å². The lowest BCUT2D eigenvalue weighted by atomic mass is 10.0. The average molecular weight is 520 g/mol. The second-order valence-corrected chi connectivity index (χ2v) is 9.28. The molecule has 0 bridgehead atoms. The number of amides is 4. The Morgan fingerprint density at radius 2 is 1.81 bits per heavy atom. The molecular weight excluding hydrogens is 496 g/mol. The Hall–Kier alpha value is -3.80. The molecule has 0 radical (unpaired) electrons. The molecule has 4 rings (SSSR count). The monoisotopic (exact) mass is 520 g/mol. The van der Waals surface area contributed by atoms with Crippen LogP contribution in [0, 0.1) is 5.82 Å². The number of alkyl halides is 3. The van der Waals surface area contributed by atoms with Crippen molar-refractivity contribution >= 4 is 23.6 Å². The van der Waals surface area contributed by atoms with Crippen LogP contribution in [-0.2, 0) is 22.7 Å². The maximum absolute atomic E-state index is 15.3. The van der Waals surface area contributed by atoms with Crippen LogP contribution in [0.2, 0.25) is 0 Å². The fourth-order valence-electron chi connectivity index (χ4n) is 4.52. The first-order valence-electron chi connectivity index (χ1n) is 11.4. The molecule has 2 aromatic rings. The highest BCUT2D eigenvalue weighted by Gasteiger charge is 2.44. The van der Waals surface area contributed by atoms with Crippen LogP contribution in [0.3, 0.4) is 0 Å². The highest BCUT2D eigenvalue weighted by Crippen LogP contribution is 2.34. The number of piperidine rings is 1. The van der Waals surface area contributed by atoms with Crippen molar-refractivity contribution in [1.82, 2.24) is 20.4 Å². The molecule has 0 aromatic heterocycles. The van der Waals surface area contributed by atoms with E-state index in [0.29, 0.717) is 6.54 Å². The lowest BCUT2D eigenvalue weighted by Gasteiger charge is -2.29. The predicted molar refractivity (Wildman–Crippen MR) is 123 cm³/mol. The third-order valence-corrected chi connectivity index (χ3v) is 6.31. The van der Waals surface area contributed by atoms with Crippen LogP contribution in [-0.4, -0.2) is 59.7 Å². The van der Waals surface area contributed by atoms with Gasteiger partial charge in [0.25, 0.3) is 11.8 Å². The van der Waals surface area contributed by atoms with Crippen LogP contribution in [0.5, 0.6) is 0 Å². The molecule has 0 spiro atoms. The smallest absolute Gasteiger partial charge is 0.337 e. The summed E-state index contributed by atoms with van der Waals surface area (Å²) in [6.45, 7) is 0.154. The zero-order valence-electron chi connectivity index (χ0n) is 20.0. The number of nitrogens with one attached hydrogen (secondary N) is 2. The molecule has 1 saturated heterocycles. The second kappa shape index (κ2) is 9.92.